The number of rotatable bonds is 4. The van der Waals surface area contributed by atoms with Crippen molar-refractivity contribution in [2.24, 2.45) is 0 Å². The Morgan fingerprint density at radius 3 is 2.59 bits per heavy atom. The van der Waals surface area contributed by atoms with Crippen LogP contribution in [0, 0.1) is 0 Å². The molecule has 1 heterocycles. The summed E-state index contributed by atoms with van der Waals surface area (Å²) < 4.78 is 60.4. The highest BCUT2D eigenvalue weighted by molar-refractivity contribution is 7.89. The molecule has 0 bridgehead atoms. The van der Waals surface area contributed by atoms with Crippen molar-refractivity contribution in [1.82, 2.24) is 9.71 Å². The number of nitrogens with zero attached hydrogens (tertiary/aromatic N) is 1. The second-order valence-electron chi connectivity index (χ2n) is 3.18. The summed E-state index contributed by atoms with van der Waals surface area (Å²) in [7, 11) is -4.05. The van der Waals surface area contributed by atoms with Gasteiger partial charge in [0.2, 0.25) is 10.0 Å². The minimum Gasteiger partial charge on any atom is -0.398 e. The SMILES string of the molecule is Nc1ccncc1S(=O)(=O)NCCC(F)(F)F. The molecule has 0 saturated carbocycles. The molecule has 1 aromatic heterocycles. The fourth-order valence-corrected chi connectivity index (χ4v) is 2.12. The molecule has 1 aromatic rings. The van der Waals surface area contributed by atoms with Crippen LogP contribution in [0.1, 0.15) is 6.42 Å². The zero-order valence-electron chi connectivity index (χ0n) is 8.53. The van der Waals surface area contributed by atoms with Crippen LogP contribution in [-0.4, -0.2) is 26.1 Å². The van der Waals surface area contributed by atoms with E-state index in [1.165, 1.54) is 12.3 Å². The number of hydrogen-bond donors (Lipinski definition) is 2. The van der Waals surface area contributed by atoms with Crippen molar-refractivity contribution in [3.05, 3.63) is 18.5 Å². The Morgan fingerprint density at radius 1 is 1.41 bits per heavy atom. The van der Waals surface area contributed by atoms with Crippen LogP contribution in [0.4, 0.5) is 18.9 Å². The van der Waals surface area contributed by atoms with Crippen LogP contribution in [0.2, 0.25) is 0 Å². The van der Waals surface area contributed by atoms with Crippen molar-refractivity contribution in [3.63, 3.8) is 0 Å². The van der Waals surface area contributed by atoms with Crippen LogP contribution >= 0.6 is 0 Å². The summed E-state index contributed by atoms with van der Waals surface area (Å²) in [6, 6.07) is 1.25. The maximum absolute atomic E-state index is 11.8. The second-order valence-corrected chi connectivity index (χ2v) is 4.91. The molecule has 3 N–H and O–H groups in total. The van der Waals surface area contributed by atoms with Crippen molar-refractivity contribution < 1.29 is 21.6 Å². The number of aromatic nitrogens is 1. The van der Waals surface area contributed by atoms with E-state index in [0.29, 0.717) is 0 Å². The van der Waals surface area contributed by atoms with Gasteiger partial charge in [0.05, 0.1) is 12.1 Å². The van der Waals surface area contributed by atoms with Crippen LogP contribution in [0.25, 0.3) is 0 Å². The lowest BCUT2D eigenvalue weighted by Crippen LogP contribution is -2.28. The Labute approximate surface area is 95.9 Å². The first kappa shape index (κ1) is 13.7. The largest absolute Gasteiger partial charge is 0.398 e. The minimum atomic E-state index is -4.41. The van der Waals surface area contributed by atoms with Crippen LogP contribution in [0.15, 0.2) is 23.4 Å². The van der Waals surface area contributed by atoms with E-state index in [1.54, 1.807) is 4.72 Å². The van der Waals surface area contributed by atoms with Gasteiger partial charge in [0.15, 0.2) is 0 Å². The average molecular weight is 269 g/mol. The third-order valence-corrected chi connectivity index (χ3v) is 3.31. The number of nitrogens with two attached hydrogens (primary N) is 1. The summed E-state index contributed by atoms with van der Waals surface area (Å²) in [5.74, 6) is 0. The number of alkyl halides is 3. The predicted octanol–water partition coefficient (Wildman–Crippen LogP) is 0.894. The van der Waals surface area contributed by atoms with E-state index in [9.17, 15) is 21.6 Å². The van der Waals surface area contributed by atoms with Crippen molar-refractivity contribution >= 4 is 15.7 Å². The number of halogens is 3. The Bertz CT molecular complexity index is 487. The minimum absolute atomic E-state index is 0.0699. The van der Waals surface area contributed by atoms with Gasteiger partial charge < -0.3 is 5.73 Å². The third kappa shape index (κ3) is 4.19. The molecule has 96 valence electrons. The fourth-order valence-electron chi connectivity index (χ4n) is 1.02. The molecule has 0 spiro atoms. The topological polar surface area (TPSA) is 85.1 Å². The molecular formula is C8H10F3N3O2S. The number of anilines is 1. The molecular weight excluding hydrogens is 259 g/mol. The maximum atomic E-state index is 11.8. The molecule has 9 heteroatoms. The number of nitrogen functional groups attached to an aromatic ring is 1. The molecule has 1 rings (SSSR count). The van der Waals surface area contributed by atoms with Gasteiger partial charge in [-0.25, -0.2) is 13.1 Å². The van der Waals surface area contributed by atoms with Gasteiger partial charge >= 0.3 is 6.18 Å². The number of nitrogens with one attached hydrogen (secondary N) is 1. The van der Waals surface area contributed by atoms with Crippen molar-refractivity contribution in [1.29, 1.82) is 0 Å². The van der Waals surface area contributed by atoms with Crippen LogP contribution < -0.4 is 10.5 Å². The lowest BCUT2D eigenvalue weighted by Gasteiger charge is -2.09. The number of pyridine rings is 1. The summed E-state index contributed by atoms with van der Waals surface area (Å²) in [5, 5.41) is 0. The number of hydrogen-bond acceptors (Lipinski definition) is 4. The Hall–Kier alpha value is -1.35. The fraction of sp³-hybridized carbons (Fsp3) is 0.375. The summed E-state index contributed by atoms with van der Waals surface area (Å²) in [6.45, 7) is -0.736. The van der Waals surface area contributed by atoms with E-state index in [0.717, 1.165) is 6.20 Å². The highest BCUT2D eigenvalue weighted by Gasteiger charge is 2.28. The molecule has 0 saturated heterocycles. The Morgan fingerprint density at radius 2 is 2.06 bits per heavy atom. The summed E-state index contributed by atoms with van der Waals surface area (Å²) in [6.07, 6.45) is -3.40. The van der Waals surface area contributed by atoms with Gasteiger partial charge in [0, 0.05) is 18.9 Å². The summed E-state index contributed by atoms with van der Waals surface area (Å²) in [5.41, 5.74) is 5.31. The van der Waals surface area contributed by atoms with E-state index < -0.39 is 29.2 Å². The van der Waals surface area contributed by atoms with Gasteiger partial charge in [-0.15, -0.1) is 0 Å². The predicted molar refractivity (Wildman–Crippen MR) is 54.5 cm³/mol. The zero-order chi connectivity index (χ0) is 13.1. The molecule has 0 aliphatic rings. The Kier molecular flexibility index (Phi) is 3.94. The Balaban J connectivity index is 2.74. The monoisotopic (exact) mass is 269 g/mol. The molecule has 0 aliphatic carbocycles. The second kappa shape index (κ2) is 4.88. The number of sulfonamides is 1. The van der Waals surface area contributed by atoms with Crippen molar-refractivity contribution in [2.45, 2.75) is 17.5 Å². The van der Waals surface area contributed by atoms with Gasteiger partial charge in [-0.2, -0.15) is 13.2 Å². The average Bonchev–Trinajstić information content (AvgIpc) is 2.15. The highest BCUT2D eigenvalue weighted by atomic mass is 32.2. The molecule has 0 atom stereocenters. The standard InChI is InChI=1S/C8H10F3N3O2S/c9-8(10,11)2-4-14-17(15,16)7-5-13-3-1-6(7)12/h1,3,5,14H,2,4H2,(H2,12,13). The van der Waals surface area contributed by atoms with E-state index >= 15 is 0 Å². The first-order chi connectivity index (χ1) is 7.72. The molecule has 0 amide bonds. The van der Waals surface area contributed by atoms with E-state index in [1.807, 2.05) is 0 Å². The van der Waals surface area contributed by atoms with Gasteiger partial charge in [-0.05, 0) is 6.07 Å². The van der Waals surface area contributed by atoms with Crippen LogP contribution in [0.3, 0.4) is 0 Å². The summed E-state index contributed by atoms with van der Waals surface area (Å²) >= 11 is 0. The summed E-state index contributed by atoms with van der Waals surface area (Å²) in [4.78, 5) is 3.22. The zero-order valence-corrected chi connectivity index (χ0v) is 9.35. The lowest BCUT2D eigenvalue weighted by molar-refractivity contribution is -0.132. The van der Waals surface area contributed by atoms with Crippen LogP contribution in [-0.2, 0) is 10.0 Å². The maximum Gasteiger partial charge on any atom is 0.390 e. The molecule has 0 radical (unpaired) electrons. The van der Waals surface area contributed by atoms with Gasteiger partial charge in [0.25, 0.3) is 0 Å². The van der Waals surface area contributed by atoms with E-state index in [2.05, 4.69) is 4.98 Å². The molecule has 0 unspecified atom stereocenters. The van der Waals surface area contributed by atoms with Crippen molar-refractivity contribution in [2.75, 3.05) is 12.3 Å². The van der Waals surface area contributed by atoms with E-state index in [4.69, 9.17) is 5.73 Å². The first-order valence-electron chi connectivity index (χ1n) is 4.48. The molecule has 0 aliphatic heterocycles. The highest BCUT2D eigenvalue weighted by Crippen LogP contribution is 2.19. The normalized spacial score (nSPS) is 12.6. The lowest BCUT2D eigenvalue weighted by atomic mass is 10.4. The molecule has 5 nitrogen and oxygen atoms in total. The third-order valence-electron chi connectivity index (χ3n) is 1.81. The molecule has 0 aromatic carbocycles. The first-order valence-corrected chi connectivity index (χ1v) is 5.96. The van der Waals surface area contributed by atoms with Gasteiger partial charge in [-0.1, -0.05) is 0 Å². The smallest absolute Gasteiger partial charge is 0.390 e. The van der Waals surface area contributed by atoms with Crippen LogP contribution in [0.5, 0.6) is 0 Å². The van der Waals surface area contributed by atoms with Crippen molar-refractivity contribution in [3.8, 4) is 0 Å². The molecule has 0 fully saturated rings. The van der Waals surface area contributed by atoms with E-state index in [-0.39, 0.29) is 10.6 Å². The molecule has 17 heavy (non-hydrogen) atoms. The van der Waals surface area contributed by atoms with Gasteiger partial charge in [-0.3, -0.25) is 4.98 Å². The quantitative estimate of drug-likeness (QED) is 0.850. The van der Waals surface area contributed by atoms with Gasteiger partial charge in [0.1, 0.15) is 4.90 Å².